The molecule has 4 atom stereocenters. The first-order chi connectivity index (χ1) is 14.5. The fourth-order valence-electron chi connectivity index (χ4n) is 4.97. The number of nitrogens with zero attached hydrogens (tertiary/aromatic N) is 2. The standard InChI is InChI=1S/C23H35N3O4/c1-25(2)16-6-7-20-18(12-16)19-13-17(29-21(15-27)23(19)30-20)14-22(28)24-8-11-26-9-4-3-5-10-26/h6-7,12,17,19,21,23,27H,3-5,8-11,13-15H2,1-2H3,(H,24,28)/t17-,19+,21-,23-/m1/s1. The SMILES string of the molecule is CN(C)c1ccc2c(c1)[C@@H]1C[C@H](CC(=O)NCCN3CCCCC3)O[C@H](CO)[C@@H]1O2. The lowest BCUT2D eigenvalue weighted by molar-refractivity contribution is -0.142. The molecular weight excluding hydrogens is 382 g/mol. The van der Waals surface area contributed by atoms with Gasteiger partial charge in [0.1, 0.15) is 18.0 Å². The zero-order valence-corrected chi connectivity index (χ0v) is 18.2. The molecule has 3 aliphatic rings. The second kappa shape index (κ2) is 9.54. The van der Waals surface area contributed by atoms with E-state index in [1.165, 1.54) is 19.3 Å². The largest absolute Gasteiger partial charge is 0.487 e. The van der Waals surface area contributed by atoms with Crippen molar-refractivity contribution >= 4 is 11.6 Å². The molecule has 0 spiro atoms. The predicted octanol–water partition coefficient (Wildman–Crippen LogP) is 1.74. The van der Waals surface area contributed by atoms with Gasteiger partial charge < -0.3 is 29.7 Å². The summed E-state index contributed by atoms with van der Waals surface area (Å²) < 4.78 is 12.2. The number of hydrogen-bond acceptors (Lipinski definition) is 6. The van der Waals surface area contributed by atoms with Gasteiger partial charge in [-0.25, -0.2) is 0 Å². The topological polar surface area (TPSA) is 74.3 Å². The highest BCUT2D eigenvalue weighted by Gasteiger charge is 2.46. The highest BCUT2D eigenvalue weighted by Crippen LogP contribution is 2.47. The smallest absolute Gasteiger partial charge is 0.222 e. The van der Waals surface area contributed by atoms with E-state index >= 15 is 0 Å². The summed E-state index contributed by atoms with van der Waals surface area (Å²) in [6.45, 7) is 3.76. The molecule has 0 unspecified atom stereocenters. The molecule has 0 bridgehead atoms. The van der Waals surface area contributed by atoms with E-state index < -0.39 is 6.10 Å². The predicted molar refractivity (Wildman–Crippen MR) is 116 cm³/mol. The van der Waals surface area contributed by atoms with Crippen molar-refractivity contribution in [3.8, 4) is 5.75 Å². The first kappa shape index (κ1) is 21.4. The van der Waals surface area contributed by atoms with Gasteiger partial charge in [0.05, 0.1) is 19.1 Å². The number of ether oxygens (including phenoxy) is 2. The third-order valence-corrected chi connectivity index (χ3v) is 6.61. The number of amides is 1. The molecule has 1 aromatic rings. The van der Waals surface area contributed by atoms with E-state index in [4.69, 9.17) is 9.47 Å². The molecule has 1 amide bonds. The Bertz CT molecular complexity index is 735. The Balaban J connectivity index is 1.35. The normalized spacial score (nSPS) is 28.4. The Morgan fingerprint density at radius 2 is 2.07 bits per heavy atom. The Kier molecular flexibility index (Phi) is 6.80. The van der Waals surface area contributed by atoms with E-state index in [-0.39, 0.29) is 30.6 Å². The van der Waals surface area contributed by atoms with Crippen molar-refractivity contribution in [3.63, 3.8) is 0 Å². The zero-order valence-electron chi connectivity index (χ0n) is 18.2. The quantitative estimate of drug-likeness (QED) is 0.704. The summed E-state index contributed by atoms with van der Waals surface area (Å²) in [4.78, 5) is 17.0. The molecule has 0 aromatic heterocycles. The van der Waals surface area contributed by atoms with Gasteiger partial charge >= 0.3 is 0 Å². The number of fused-ring (bicyclic) bond motifs is 3. The van der Waals surface area contributed by atoms with Crippen LogP contribution in [-0.4, -0.2) is 81.1 Å². The molecule has 0 saturated carbocycles. The Morgan fingerprint density at radius 3 is 2.80 bits per heavy atom. The molecular formula is C23H35N3O4. The molecule has 166 valence electrons. The van der Waals surface area contributed by atoms with Crippen molar-refractivity contribution in [2.24, 2.45) is 0 Å². The van der Waals surface area contributed by atoms with Crippen molar-refractivity contribution < 1.29 is 19.4 Å². The molecule has 7 heteroatoms. The molecule has 2 fully saturated rings. The number of piperidine rings is 1. The van der Waals surface area contributed by atoms with E-state index in [9.17, 15) is 9.90 Å². The maximum absolute atomic E-state index is 12.5. The third kappa shape index (κ3) is 4.74. The number of aliphatic hydroxyl groups excluding tert-OH is 1. The van der Waals surface area contributed by atoms with Gasteiger partial charge in [0, 0.05) is 44.4 Å². The summed E-state index contributed by atoms with van der Waals surface area (Å²) in [5.74, 6) is 1.02. The van der Waals surface area contributed by atoms with Crippen LogP contribution in [0, 0.1) is 0 Å². The van der Waals surface area contributed by atoms with Gasteiger partial charge in [-0.15, -0.1) is 0 Å². The summed E-state index contributed by atoms with van der Waals surface area (Å²) in [5.41, 5.74) is 2.28. The van der Waals surface area contributed by atoms with Crippen molar-refractivity contribution in [1.29, 1.82) is 0 Å². The van der Waals surface area contributed by atoms with E-state index in [1.54, 1.807) is 0 Å². The number of hydrogen-bond donors (Lipinski definition) is 2. The molecule has 3 heterocycles. The van der Waals surface area contributed by atoms with Crippen molar-refractivity contribution in [3.05, 3.63) is 23.8 Å². The van der Waals surface area contributed by atoms with Crippen molar-refractivity contribution in [2.75, 3.05) is 51.8 Å². The van der Waals surface area contributed by atoms with Gasteiger partial charge in [-0.1, -0.05) is 6.42 Å². The van der Waals surface area contributed by atoms with Gasteiger partial charge in [-0.3, -0.25) is 4.79 Å². The fraction of sp³-hybridized carbons (Fsp3) is 0.696. The summed E-state index contributed by atoms with van der Waals surface area (Å²) in [6, 6.07) is 6.20. The molecule has 1 aromatic carbocycles. The van der Waals surface area contributed by atoms with Crippen LogP contribution in [0.25, 0.3) is 0 Å². The van der Waals surface area contributed by atoms with Gasteiger partial charge in [0.2, 0.25) is 5.91 Å². The van der Waals surface area contributed by atoms with Gasteiger partial charge in [-0.05, 0) is 50.6 Å². The highest BCUT2D eigenvalue weighted by molar-refractivity contribution is 5.76. The van der Waals surface area contributed by atoms with Crippen LogP contribution < -0.4 is 15.0 Å². The fourth-order valence-corrected chi connectivity index (χ4v) is 4.97. The van der Waals surface area contributed by atoms with Crippen LogP contribution in [0.1, 0.15) is 43.6 Å². The molecule has 0 radical (unpaired) electrons. The monoisotopic (exact) mass is 417 g/mol. The summed E-state index contributed by atoms with van der Waals surface area (Å²) in [7, 11) is 4.04. The van der Waals surface area contributed by atoms with Crippen molar-refractivity contribution in [2.45, 2.75) is 56.3 Å². The number of carbonyl (C=O) groups is 1. The van der Waals surface area contributed by atoms with Crippen LogP contribution in [0.15, 0.2) is 18.2 Å². The van der Waals surface area contributed by atoms with Crippen molar-refractivity contribution in [1.82, 2.24) is 10.2 Å². The minimum Gasteiger partial charge on any atom is -0.487 e. The molecule has 7 nitrogen and oxygen atoms in total. The van der Waals surface area contributed by atoms with Crippen LogP contribution in [0.5, 0.6) is 5.75 Å². The third-order valence-electron chi connectivity index (χ3n) is 6.61. The number of anilines is 1. The van der Waals surface area contributed by atoms with Gasteiger partial charge in [0.25, 0.3) is 0 Å². The van der Waals surface area contributed by atoms with Crippen LogP contribution in [-0.2, 0) is 9.53 Å². The summed E-state index contributed by atoms with van der Waals surface area (Å²) in [5, 5.41) is 12.9. The Hall–Kier alpha value is -1.83. The second-order valence-electron chi connectivity index (χ2n) is 8.98. The van der Waals surface area contributed by atoms with Crippen LogP contribution in [0.2, 0.25) is 0 Å². The van der Waals surface area contributed by atoms with Crippen LogP contribution >= 0.6 is 0 Å². The van der Waals surface area contributed by atoms with Crippen LogP contribution in [0.4, 0.5) is 5.69 Å². The zero-order chi connectivity index (χ0) is 21.1. The maximum Gasteiger partial charge on any atom is 0.222 e. The number of aliphatic hydroxyl groups is 1. The molecule has 0 aliphatic carbocycles. The van der Waals surface area contributed by atoms with E-state index in [0.717, 1.165) is 43.1 Å². The van der Waals surface area contributed by atoms with E-state index in [0.29, 0.717) is 13.0 Å². The summed E-state index contributed by atoms with van der Waals surface area (Å²) in [6.07, 6.45) is 4.07. The van der Waals surface area contributed by atoms with Crippen LogP contribution in [0.3, 0.4) is 0 Å². The summed E-state index contributed by atoms with van der Waals surface area (Å²) >= 11 is 0. The number of carbonyl (C=O) groups excluding carboxylic acids is 1. The first-order valence-corrected chi connectivity index (χ1v) is 11.3. The number of benzene rings is 1. The molecule has 3 aliphatic heterocycles. The average Bonchev–Trinajstić information content (AvgIpc) is 3.11. The number of likely N-dealkylation sites (tertiary alicyclic amines) is 1. The lowest BCUT2D eigenvalue weighted by atomic mass is 9.84. The molecule has 4 rings (SSSR count). The Morgan fingerprint density at radius 1 is 1.27 bits per heavy atom. The molecule has 2 saturated heterocycles. The first-order valence-electron chi connectivity index (χ1n) is 11.3. The lowest BCUT2D eigenvalue weighted by Crippen LogP contribution is -2.47. The lowest BCUT2D eigenvalue weighted by Gasteiger charge is -2.37. The maximum atomic E-state index is 12.5. The van der Waals surface area contributed by atoms with E-state index in [2.05, 4.69) is 21.2 Å². The second-order valence-corrected chi connectivity index (χ2v) is 8.98. The van der Waals surface area contributed by atoms with E-state index in [1.807, 2.05) is 26.2 Å². The highest BCUT2D eigenvalue weighted by atomic mass is 16.6. The number of rotatable bonds is 7. The Labute approximate surface area is 179 Å². The molecule has 2 N–H and O–H groups in total. The van der Waals surface area contributed by atoms with Gasteiger partial charge in [0.15, 0.2) is 0 Å². The minimum atomic E-state index is -0.412. The average molecular weight is 418 g/mol. The minimum absolute atomic E-state index is 0.0216. The van der Waals surface area contributed by atoms with Gasteiger partial charge in [-0.2, -0.15) is 0 Å². The number of nitrogens with one attached hydrogen (secondary N) is 1. The molecule has 30 heavy (non-hydrogen) atoms.